The maximum Gasteiger partial charge on any atom is 0.263 e. The lowest BCUT2D eigenvalue weighted by molar-refractivity contribution is 0.591. The van der Waals surface area contributed by atoms with Crippen molar-refractivity contribution in [1.29, 1.82) is 0 Å². The minimum Gasteiger partial charge on any atom is -0.280 e. The number of sulfonamides is 1. The first-order valence-corrected chi connectivity index (χ1v) is 12.2. The molecule has 152 valence electrons. The zero-order valence-corrected chi connectivity index (χ0v) is 18.1. The third-order valence-electron chi connectivity index (χ3n) is 3.98. The van der Waals surface area contributed by atoms with Crippen LogP contribution in [0.15, 0.2) is 64.5 Å². The van der Waals surface area contributed by atoms with Crippen LogP contribution in [-0.4, -0.2) is 32.8 Å². The average Bonchev–Trinajstić information content (AvgIpc) is 2.70. The number of nitrogens with one attached hydrogen (secondary N) is 1. The lowest BCUT2D eigenvalue weighted by Crippen LogP contribution is -2.13. The number of aromatic nitrogens is 2. The lowest BCUT2D eigenvalue weighted by Gasteiger charge is -2.10. The molecular formula is C18H15Cl2N3O4S2. The molecule has 0 atom stereocenters. The van der Waals surface area contributed by atoms with Crippen molar-refractivity contribution in [3.63, 3.8) is 0 Å². The minimum absolute atomic E-state index is 0.0596. The summed E-state index contributed by atoms with van der Waals surface area (Å²) in [6.45, 7) is 1.53. The maximum absolute atomic E-state index is 12.6. The summed E-state index contributed by atoms with van der Waals surface area (Å²) in [4.78, 5) is -0.130. The number of nitrogens with zero attached hydrogens (tertiary/aromatic N) is 2. The van der Waals surface area contributed by atoms with Crippen molar-refractivity contribution in [3.8, 4) is 11.3 Å². The van der Waals surface area contributed by atoms with Crippen LogP contribution >= 0.6 is 23.2 Å². The quantitative estimate of drug-likeness (QED) is 0.581. The van der Waals surface area contributed by atoms with E-state index in [-0.39, 0.29) is 25.7 Å². The summed E-state index contributed by atoms with van der Waals surface area (Å²) in [5.74, 6) is -0.0630. The first kappa shape index (κ1) is 21.5. The molecule has 1 N–H and O–H groups in total. The smallest absolute Gasteiger partial charge is 0.263 e. The Morgan fingerprint density at radius 1 is 0.897 bits per heavy atom. The molecule has 1 heterocycles. The zero-order chi connectivity index (χ0) is 21.2. The first-order chi connectivity index (χ1) is 13.6. The van der Waals surface area contributed by atoms with Crippen LogP contribution in [0.25, 0.3) is 11.3 Å². The molecule has 0 saturated carbocycles. The van der Waals surface area contributed by atoms with Gasteiger partial charge in [0.1, 0.15) is 4.90 Å². The van der Waals surface area contributed by atoms with Crippen molar-refractivity contribution in [2.45, 2.75) is 16.8 Å². The Kier molecular flexibility index (Phi) is 6.13. The van der Waals surface area contributed by atoms with Crippen molar-refractivity contribution >= 4 is 48.7 Å². The Morgan fingerprint density at radius 3 is 2.17 bits per heavy atom. The second kappa shape index (κ2) is 8.27. The molecule has 1 aromatic heterocycles. The number of rotatable bonds is 6. The van der Waals surface area contributed by atoms with Gasteiger partial charge in [-0.3, -0.25) is 4.72 Å². The molecule has 0 amide bonds. The van der Waals surface area contributed by atoms with Crippen molar-refractivity contribution in [2.75, 3.05) is 10.5 Å². The highest BCUT2D eigenvalue weighted by Crippen LogP contribution is 2.30. The van der Waals surface area contributed by atoms with E-state index in [1.165, 1.54) is 31.2 Å². The summed E-state index contributed by atoms with van der Waals surface area (Å²) >= 11 is 11.9. The molecule has 0 radical (unpaired) electrons. The van der Waals surface area contributed by atoms with Crippen LogP contribution in [0.5, 0.6) is 0 Å². The van der Waals surface area contributed by atoms with Crippen LogP contribution in [0.2, 0.25) is 10.0 Å². The van der Waals surface area contributed by atoms with E-state index in [1.807, 2.05) is 0 Å². The molecule has 0 fully saturated rings. The van der Waals surface area contributed by atoms with Crippen molar-refractivity contribution < 1.29 is 16.8 Å². The van der Waals surface area contributed by atoms with Gasteiger partial charge in [0.2, 0.25) is 0 Å². The molecule has 0 unspecified atom stereocenters. The van der Waals surface area contributed by atoms with Gasteiger partial charge in [0.25, 0.3) is 10.0 Å². The molecule has 0 saturated heterocycles. The zero-order valence-electron chi connectivity index (χ0n) is 15.0. The molecule has 0 aliphatic rings. The van der Waals surface area contributed by atoms with Crippen LogP contribution in [0.3, 0.4) is 0 Å². The highest BCUT2D eigenvalue weighted by molar-refractivity contribution is 7.93. The number of benzene rings is 2. The standard InChI is InChI=1S/C18H15Cl2N3O4S2/c1-2-28(24,25)17-11-10-15(21-22-17)12-6-8-13(9-7-12)23-29(26,27)16-5-3-4-14(19)18(16)20/h3-11,23H,2H2,1H3. The molecule has 2 aromatic carbocycles. The van der Waals surface area contributed by atoms with E-state index in [2.05, 4.69) is 14.9 Å². The minimum atomic E-state index is -3.93. The summed E-state index contributed by atoms with van der Waals surface area (Å²) in [6.07, 6.45) is 0. The normalized spacial score (nSPS) is 12.0. The summed E-state index contributed by atoms with van der Waals surface area (Å²) in [7, 11) is -7.36. The van der Waals surface area contributed by atoms with Crippen molar-refractivity contribution in [2.24, 2.45) is 0 Å². The van der Waals surface area contributed by atoms with Gasteiger partial charge in [-0.1, -0.05) is 48.3 Å². The highest BCUT2D eigenvalue weighted by atomic mass is 35.5. The van der Waals surface area contributed by atoms with E-state index in [1.54, 1.807) is 30.3 Å². The van der Waals surface area contributed by atoms with Gasteiger partial charge in [-0.2, -0.15) is 0 Å². The van der Waals surface area contributed by atoms with Gasteiger partial charge < -0.3 is 0 Å². The van der Waals surface area contributed by atoms with Gasteiger partial charge in [-0.25, -0.2) is 16.8 Å². The average molecular weight is 472 g/mol. The van der Waals surface area contributed by atoms with Gasteiger partial charge in [-0.15, -0.1) is 10.2 Å². The Balaban J connectivity index is 1.83. The molecule has 11 heteroatoms. The molecule has 0 aliphatic carbocycles. The summed E-state index contributed by atoms with van der Waals surface area (Å²) in [5.41, 5.74) is 1.40. The van der Waals surface area contributed by atoms with E-state index in [0.717, 1.165) is 0 Å². The monoisotopic (exact) mass is 471 g/mol. The highest BCUT2D eigenvalue weighted by Gasteiger charge is 2.20. The van der Waals surface area contributed by atoms with Crippen LogP contribution in [0, 0.1) is 0 Å². The Morgan fingerprint density at radius 2 is 1.59 bits per heavy atom. The van der Waals surface area contributed by atoms with Crippen LogP contribution in [0.1, 0.15) is 6.92 Å². The molecule has 3 aromatic rings. The summed E-state index contributed by atoms with van der Waals surface area (Å²) in [5, 5.41) is 7.68. The van der Waals surface area contributed by atoms with Crippen LogP contribution < -0.4 is 4.72 Å². The van der Waals surface area contributed by atoms with E-state index >= 15 is 0 Å². The van der Waals surface area contributed by atoms with Gasteiger partial charge in [0.05, 0.1) is 21.5 Å². The Hall–Kier alpha value is -2.20. The van der Waals surface area contributed by atoms with Crippen LogP contribution in [0.4, 0.5) is 5.69 Å². The predicted octanol–water partition coefficient (Wildman–Crippen LogP) is 4.04. The molecule has 7 nitrogen and oxygen atoms in total. The number of hydrogen-bond donors (Lipinski definition) is 1. The van der Waals surface area contributed by atoms with Gasteiger partial charge >= 0.3 is 0 Å². The Bertz CT molecular complexity index is 1250. The van der Waals surface area contributed by atoms with E-state index in [4.69, 9.17) is 23.2 Å². The molecule has 0 bridgehead atoms. The Labute approximate surface area is 178 Å². The third kappa shape index (κ3) is 4.69. The fourth-order valence-corrected chi connectivity index (χ4v) is 4.96. The second-order valence-corrected chi connectivity index (χ2v) is 10.6. The van der Waals surface area contributed by atoms with E-state index in [9.17, 15) is 16.8 Å². The second-order valence-electron chi connectivity index (χ2n) is 5.90. The van der Waals surface area contributed by atoms with Crippen LogP contribution in [-0.2, 0) is 19.9 Å². The van der Waals surface area contributed by atoms with E-state index in [0.29, 0.717) is 16.9 Å². The fraction of sp³-hybridized carbons (Fsp3) is 0.111. The van der Waals surface area contributed by atoms with Crippen molar-refractivity contribution in [3.05, 3.63) is 64.6 Å². The number of anilines is 1. The van der Waals surface area contributed by atoms with Crippen molar-refractivity contribution in [1.82, 2.24) is 10.2 Å². The number of sulfone groups is 1. The van der Waals surface area contributed by atoms with Gasteiger partial charge in [-0.05, 0) is 36.4 Å². The SMILES string of the molecule is CCS(=O)(=O)c1ccc(-c2ccc(NS(=O)(=O)c3cccc(Cl)c3Cl)cc2)nn1. The molecule has 3 rings (SSSR count). The summed E-state index contributed by atoms with van der Waals surface area (Å²) in [6, 6.07) is 13.6. The maximum atomic E-state index is 12.6. The van der Waals surface area contributed by atoms with E-state index < -0.39 is 19.9 Å². The molecule has 29 heavy (non-hydrogen) atoms. The molecule has 0 aliphatic heterocycles. The molecule has 0 spiro atoms. The largest absolute Gasteiger partial charge is 0.280 e. The lowest BCUT2D eigenvalue weighted by atomic mass is 10.1. The van der Waals surface area contributed by atoms with Gasteiger partial charge in [0, 0.05) is 11.3 Å². The topological polar surface area (TPSA) is 106 Å². The first-order valence-electron chi connectivity index (χ1n) is 8.28. The van der Waals surface area contributed by atoms with Gasteiger partial charge in [0.15, 0.2) is 14.9 Å². The number of hydrogen-bond acceptors (Lipinski definition) is 6. The molecular weight excluding hydrogens is 457 g/mol. The third-order valence-corrected chi connectivity index (χ3v) is 7.95. The predicted molar refractivity (Wildman–Crippen MR) is 112 cm³/mol. The number of halogens is 2. The summed E-state index contributed by atoms with van der Waals surface area (Å²) < 4.78 is 51.1. The fourth-order valence-electron chi connectivity index (χ4n) is 2.40.